The minimum absolute atomic E-state index is 0.218. The Kier molecular flexibility index (Phi) is 4.95. The van der Waals surface area contributed by atoms with Crippen LogP contribution in [0, 0.1) is 6.92 Å². The molecule has 1 N–H and O–H groups in total. The summed E-state index contributed by atoms with van der Waals surface area (Å²) in [5, 5.41) is 10.3. The normalized spacial score (nSPS) is 11.7. The van der Waals surface area contributed by atoms with Gasteiger partial charge in [-0.25, -0.2) is 4.68 Å². The van der Waals surface area contributed by atoms with Gasteiger partial charge >= 0.3 is 0 Å². The topological polar surface area (TPSA) is 95.3 Å². The lowest BCUT2D eigenvalue weighted by molar-refractivity contribution is -0.119. The minimum Gasteiger partial charge on any atom is -0.493 e. The fraction of sp³-hybridized carbons (Fsp3) is 0.333. The number of ether oxygens (including phenoxy) is 2. The van der Waals surface area contributed by atoms with Crippen LogP contribution in [0.4, 0.5) is 5.69 Å². The number of nitrogens with one attached hydrogen (secondary N) is 1. The van der Waals surface area contributed by atoms with Crippen molar-refractivity contribution in [2.75, 3.05) is 19.5 Å². The van der Waals surface area contributed by atoms with Gasteiger partial charge < -0.3 is 14.8 Å². The number of aromatic nitrogens is 3. The molecule has 0 saturated carbocycles. The Morgan fingerprint density at radius 2 is 2.00 bits per heavy atom. The van der Waals surface area contributed by atoms with Crippen LogP contribution in [0.3, 0.4) is 0 Å². The number of hydrogen-bond donors (Lipinski definition) is 1. The molecule has 0 aliphatic rings. The van der Waals surface area contributed by atoms with Crippen molar-refractivity contribution in [3.8, 4) is 11.5 Å². The first-order chi connectivity index (χ1) is 11.0. The zero-order valence-electron chi connectivity index (χ0n) is 13.4. The molecule has 2 aromatic rings. The molecule has 0 aliphatic carbocycles. The smallest absolute Gasteiger partial charge is 0.249 e. The summed E-state index contributed by atoms with van der Waals surface area (Å²) in [6.07, 6.45) is 0.609. The number of rotatable bonds is 6. The van der Waals surface area contributed by atoms with Gasteiger partial charge in [0.1, 0.15) is 11.7 Å². The molecule has 0 spiro atoms. The van der Waals surface area contributed by atoms with Gasteiger partial charge in [0.25, 0.3) is 0 Å². The Bertz CT molecular complexity index is 726. The number of hydrogen-bond acceptors (Lipinski definition) is 6. The molecule has 1 heterocycles. The number of amides is 1. The molecule has 2 rings (SSSR count). The van der Waals surface area contributed by atoms with Crippen LogP contribution in [-0.2, 0) is 4.79 Å². The summed E-state index contributed by atoms with van der Waals surface area (Å²) in [5.74, 6) is 0.794. The zero-order valence-corrected chi connectivity index (χ0v) is 13.4. The van der Waals surface area contributed by atoms with Gasteiger partial charge in [-0.1, -0.05) is 5.21 Å². The molecule has 0 fully saturated rings. The highest BCUT2D eigenvalue weighted by atomic mass is 16.5. The summed E-state index contributed by atoms with van der Waals surface area (Å²) in [6.45, 7) is 3.36. The molecule has 0 radical (unpaired) electrons. The molecule has 0 saturated heterocycles. The monoisotopic (exact) mass is 318 g/mol. The van der Waals surface area contributed by atoms with Gasteiger partial charge in [0.15, 0.2) is 17.8 Å². The van der Waals surface area contributed by atoms with Crippen molar-refractivity contribution in [2.24, 2.45) is 0 Å². The van der Waals surface area contributed by atoms with E-state index in [0.29, 0.717) is 29.2 Å². The maximum Gasteiger partial charge on any atom is 0.249 e. The number of methoxy groups -OCH3 is 2. The van der Waals surface area contributed by atoms with E-state index in [0.717, 1.165) is 0 Å². The van der Waals surface area contributed by atoms with E-state index in [1.54, 1.807) is 32.0 Å². The molecule has 1 atom stereocenters. The first kappa shape index (κ1) is 16.5. The summed E-state index contributed by atoms with van der Waals surface area (Å²) < 4.78 is 11.8. The van der Waals surface area contributed by atoms with Crippen LogP contribution in [0.5, 0.6) is 11.5 Å². The second kappa shape index (κ2) is 6.91. The maximum absolute atomic E-state index is 12.4. The van der Waals surface area contributed by atoms with Crippen LogP contribution < -0.4 is 14.8 Å². The van der Waals surface area contributed by atoms with E-state index in [1.807, 2.05) is 0 Å². The molecule has 8 nitrogen and oxygen atoms in total. The van der Waals surface area contributed by atoms with Gasteiger partial charge in [-0.05, 0) is 26.0 Å². The molecule has 1 amide bonds. The lowest BCUT2D eigenvalue weighted by atomic mass is 10.2. The molecular weight excluding hydrogens is 300 g/mol. The van der Waals surface area contributed by atoms with Crippen molar-refractivity contribution in [1.29, 1.82) is 0 Å². The van der Waals surface area contributed by atoms with Crippen molar-refractivity contribution < 1.29 is 19.1 Å². The van der Waals surface area contributed by atoms with Crippen LogP contribution in [0.25, 0.3) is 0 Å². The lowest BCUT2D eigenvalue weighted by Gasteiger charge is -2.15. The molecular formula is C15H18N4O4. The molecule has 8 heteroatoms. The summed E-state index contributed by atoms with van der Waals surface area (Å²) in [6, 6.07) is 4.44. The second-order valence-corrected chi connectivity index (χ2v) is 4.86. The molecule has 23 heavy (non-hydrogen) atoms. The predicted molar refractivity (Wildman–Crippen MR) is 83.0 cm³/mol. The Morgan fingerprint density at radius 1 is 1.30 bits per heavy atom. The summed E-state index contributed by atoms with van der Waals surface area (Å²) in [7, 11) is 3.06. The number of carbonyl (C=O) groups excluding carboxylic acids is 2. The zero-order chi connectivity index (χ0) is 17.0. The summed E-state index contributed by atoms with van der Waals surface area (Å²) in [4.78, 5) is 23.2. The third-order valence-corrected chi connectivity index (χ3v) is 3.47. The largest absolute Gasteiger partial charge is 0.493 e. The number of benzene rings is 1. The standard InChI is InChI=1S/C15H18N4O4/c1-9-12(8-20)17-18-19(9)10(2)15(21)16-11-5-6-13(22-3)14(7-11)23-4/h5-8,10H,1-4H3,(H,16,21). The van der Waals surface area contributed by atoms with Gasteiger partial charge in [0.05, 0.1) is 19.9 Å². The molecule has 0 bridgehead atoms. The molecule has 1 aromatic heterocycles. The van der Waals surface area contributed by atoms with E-state index in [9.17, 15) is 9.59 Å². The molecule has 122 valence electrons. The van der Waals surface area contributed by atoms with E-state index < -0.39 is 6.04 Å². The molecule has 1 aromatic carbocycles. The predicted octanol–water partition coefficient (Wildman–Crippen LogP) is 1.62. The first-order valence-electron chi connectivity index (χ1n) is 6.91. The van der Waals surface area contributed by atoms with Crippen LogP contribution in [-0.4, -0.2) is 41.4 Å². The Morgan fingerprint density at radius 3 is 2.57 bits per heavy atom. The lowest BCUT2D eigenvalue weighted by Crippen LogP contribution is -2.25. The van der Waals surface area contributed by atoms with E-state index >= 15 is 0 Å². The third-order valence-electron chi connectivity index (χ3n) is 3.47. The van der Waals surface area contributed by atoms with Gasteiger partial charge in [0, 0.05) is 11.8 Å². The van der Waals surface area contributed by atoms with Crippen molar-refractivity contribution in [3.05, 3.63) is 29.6 Å². The molecule has 1 unspecified atom stereocenters. The van der Waals surface area contributed by atoms with Crippen molar-refractivity contribution >= 4 is 17.9 Å². The van der Waals surface area contributed by atoms with Gasteiger partial charge in [-0.15, -0.1) is 5.10 Å². The van der Waals surface area contributed by atoms with Crippen LogP contribution in [0.1, 0.15) is 29.1 Å². The Balaban J connectivity index is 2.18. The van der Waals surface area contributed by atoms with E-state index in [1.165, 1.54) is 18.9 Å². The average Bonchev–Trinajstić information content (AvgIpc) is 2.94. The Labute approximate surface area is 133 Å². The quantitative estimate of drug-likeness (QED) is 0.813. The van der Waals surface area contributed by atoms with Crippen LogP contribution in [0.2, 0.25) is 0 Å². The second-order valence-electron chi connectivity index (χ2n) is 4.86. The SMILES string of the molecule is COc1ccc(NC(=O)C(C)n2nnc(C=O)c2C)cc1OC. The van der Waals surface area contributed by atoms with E-state index in [4.69, 9.17) is 9.47 Å². The maximum atomic E-state index is 12.4. The third kappa shape index (κ3) is 3.31. The number of anilines is 1. The minimum atomic E-state index is -0.621. The van der Waals surface area contributed by atoms with Crippen molar-refractivity contribution in [2.45, 2.75) is 19.9 Å². The molecule has 0 aliphatic heterocycles. The van der Waals surface area contributed by atoms with Gasteiger partial charge in [0.2, 0.25) is 5.91 Å². The van der Waals surface area contributed by atoms with Gasteiger partial charge in [-0.3, -0.25) is 9.59 Å². The van der Waals surface area contributed by atoms with Crippen molar-refractivity contribution in [1.82, 2.24) is 15.0 Å². The fourth-order valence-electron chi connectivity index (χ4n) is 2.10. The highest BCUT2D eigenvalue weighted by Gasteiger charge is 2.20. The number of nitrogens with zero attached hydrogens (tertiary/aromatic N) is 3. The van der Waals surface area contributed by atoms with Crippen LogP contribution in [0.15, 0.2) is 18.2 Å². The number of aldehydes is 1. The Hall–Kier alpha value is -2.90. The highest BCUT2D eigenvalue weighted by Crippen LogP contribution is 2.30. The number of carbonyl (C=O) groups is 2. The fourth-order valence-corrected chi connectivity index (χ4v) is 2.10. The van der Waals surface area contributed by atoms with Crippen LogP contribution >= 0.6 is 0 Å². The highest BCUT2D eigenvalue weighted by molar-refractivity contribution is 5.93. The van der Waals surface area contributed by atoms with Crippen molar-refractivity contribution in [3.63, 3.8) is 0 Å². The summed E-state index contributed by atoms with van der Waals surface area (Å²) >= 11 is 0. The van der Waals surface area contributed by atoms with E-state index in [2.05, 4.69) is 15.6 Å². The average molecular weight is 318 g/mol. The first-order valence-corrected chi connectivity index (χ1v) is 6.91. The summed E-state index contributed by atoms with van der Waals surface area (Å²) in [5.41, 5.74) is 1.32. The van der Waals surface area contributed by atoms with Gasteiger partial charge in [-0.2, -0.15) is 0 Å². The van der Waals surface area contributed by atoms with E-state index in [-0.39, 0.29) is 11.6 Å².